The minimum absolute atomic E-state index is 0. The summed E-state index contributed by atoms with van der Waals surface area (Å²) in [6, 6.07) is 9.56. The number of nitrogens with zero attached hydrogens (tertiary/aromatic N) is 2. The largest absolute Gasteiger partial charge is 0.389 e. The maximum atomic E-state index is 12.1. The van der Waals surface area contributed by atoms with Crippen molar-refractivity contribution < 1.29 is 18.0 Å². The van der Waals surface area contributed by atoms with Crippen LogP contribution < -0.4 is 10.6 Å². The molecule has 0 aliphatic rings. The summed E-state index contributed by atoms with van der Waals surface area (Å²) in [4.78, 5) is 17.5. The fourth-order valence-electron chi connectivity index (χ4n) is 1.90. The van der Waals surface area contributed by atoms with Crippen LogP contribution in [-0.4, -0.2) is 50.1 Å². The number of amides is 1. The van der Waals surface area contributed by atoms with Crippen LogP contribution in [0.5, 0.6) is 0 Å². The number of nitrogens with one attached hydrogen (secondary N) is 2. The van der Waals surface area contributed by atoms with E-state index in [-0.39, 0.29) is 42.8 Å². The van der Waals surface area contributed by atoms with Crippen LogP contribution in [0.3, 0.4) is 0 Å². The van der Waals surface area contributed by atoms with Crippen LogP contribution in [0.1, 0.15) is 24.8 Å². The van der Waals surface area contributed by atoms with E-state index in [2.05, 4.69) is 15.6 Å². The first-order valence-electron chi connectivity index (χ1n) is 8.11. The summed E-state index contributed by atoms with van der Waals surface area (Å²) < 4.78 is 36.4. The average molecular weight is 486 g/mol. The third-order valence-electron chi connectivity index (χ3n) is 3.35. The van der Waals surface area contributed by atoms with E-state index in [1.807, 2.05) is 30.3 Å². The number of guanidine groups is 1. The van der Waals surface area contributed by atoms with Crippen LogP contribution >= 0.6 is 24.0 Å². The normalized spacial score (nSPS) is 11.5. The van der Waals surface area contributed by atoms with Gasteiger partial charge in [-0.3, -0.25) is 4.79 Å². The molecule has 0 heterocycles. The van der Waals surface area contributed by atoms with Gasteiger partial charge in [0.2, 0.25) is 5.91 Å². The fourth-order valence-corrected chi connectivity index (χ4v) is 1.90. The Hall–Kier alpha value is -1.52. The van der Waals surface area contributed by atoms with Gasteiger partial charge in [0.1, 0.15) is 0 Å². The lowest BCUT2D eigenvalue weighted by atomic mass is 10.2. The minimum atomic E-state index is -4.12. The third kappa shape index (κ3) is 11.9. The molecule has 1 aromatic rings. The van der Waals surface area contributed by atoms with Crippen molar-refractivity contribution in [2.24, 2.45) is 4.99 Å². The number of aliphatic imine (C=N–C) groups is 1. The molecule has 0 saturated heterocycles. The molecule has 0 aliphatic heterocycles. The molecule has 0 bridgehead atoms. The van der Waals surface area contributed by atoms with Gasteiger partial charge in [-0.25, -0.2) is 4.99 Å². The van der Waals surface area contributed by atoms with E-state index >= 15 is 0 Å². The smallest absolute Gasteiger partial charge is 0.356 e. The molecule has 5 nitrogen and oxygen atoms in total. The molecule has 26 heavy (non-hydrogen) atoms. The topological polar surface area (TPSA) is 56.7 Å². The molecule has 0 aromatic heterocycles. The number of hydrogen-bond donors (Lipinski definition) is 2. The summed E-state index contributed by atoms with van der Waals surface area (Å²) >= 11 is 0. The predicted molar refractivity (Wildman–Crippen MR) is 108 cm³/mol. The average Bonchev–Trinajstić information content (AvgIpc) is 2.55. The van der Waals surface area contributed by atoms with Gasteiger partial charge in [0.15, 0.2) is 5.96 Å². The summed E-state index contributed by atoms with van der Waals surface area (Å²) in [5.74, 6) is 0.289. The highest BCUT2D eigenvalue weighted by Gasteiger charge is 2.25. The lowest BCUT2D eigenvalue weighted by Gasteiger charge is -2.15. The number of likely N-dealkylation sites (N-methyl/N-ethyl adjacent to an activating group) is 1. The molecule has 0 fully saturated rings. The number of unbranched alkanes of at least 4 members (excludes halogenated alkanes) is 1. The van der Waals surface area contributed by atoms with Gasteiger partial charge in [-0.05, 0) is 18.4 Å². The second-order valence-electron chi connectivity index (χ2n) is 5.79. The van der Waals surface area contributed by atoms with E-state index in [9.17, 15) is 18.0 Å². The van der Waals surface area contributed by atoms with E-state index in [0.717, 1.165) is 5.56 Å². The Morgan fingerprint density at radius 2 is 1.77 bits per heavy atom. The van der Waals surface area contributed by atoms with Crippen molar-refractivity contribution in [3.8, 4) is 0 Å². The highest BCUT2D eigenvalue weighted by molar-refractivity contribution is 14.0. The standard InChI is InChI=1S/C17H25F3N4O.HI/c1-24(2)15(25)13-23-16(21-11-7-6-10-17(18,19)20)22-12-14-8-4-3-5-9-14;/h3-5,8-9H,6-7,10-13H2,1-2H3,(H2,21,22,23);1H. The Bertz CT molecular complexity index is 551. The van der Waals surface area contributed by atoms with Gasteiger partial charge in [0.25, 0.3) is 0 Å². The molecule has 1 aromatic carbocycles. The molecule has 0 atom stereocenters. The summed E-state index contributed by atoms with van der Waals surface area (Å²) in [5.41, 5.74) is 1.000. The first kappa shape index (κ1) is 24.5. The molecule has 148 valence electrons. The number of hydrogen-bond acceptors (Lipinski definition) is 2. The van der Waals surface area contributed by atoms with Crippen LogP contribution in [0.4, 0.5) is 13.2 Å². The Labute approximate surface area is 169 Å². The zero-order chi connectivity index (χ0) is 18.7. The number of benzene rings is 1. The molecule has 1 rings (SSSR count). The van der Waals surface area contributed by atoms with Crippen LogP contribution in [0.25, 0.3) is 0 Å². The quantitative estimate of drug-likeness (QED) is 0.257. The number of halogens is 4. The molecule has 0 spiro atoms. The molecular formula is C17H26F3IN4O. The van der Waals surface area contributed by atoms with Gasteiger partial charge in [-0.1, -0.05) is 30.3 Å². The Balaban J connectivity index is 0.00000625. The number of alkyl halides is 3. The zero-order valence-electron chi connectivity index (χ0n) is 15.0. The van der Waals surface area contributed by atoms with Gasteiger partial charge in [-0.15, -0.1) is 24.0 Å². The van der Waals surface area contributed by atoms with Crippen molar-refractivity contribution >= 4 is 35.8 Å². The SMILES string of the molecule is CN(C)C(=O)CNC(=NCc1ccccc1)NCCCCC(F)(F)F.I. The van der Waals surface area contributed by atoms with E-state index in [4.69, 9.17) is 0 Å². The summed E-state index contributed by atoms with van der Waals surface area (Å²) in [6.07, 6.45) is -4.50. The van der Waals surface area contributed by atoms with Gasteiger partial charge in [-0.2, -0.15) is 13.2 Å². The van der Waals surface area contributed by atoms with Crippen molar-refractivity contribution in [2.45, 2.75) is 32.0 Å². The molecule has 0 aliphatic carbocycles. The lowest BCUT2D eigenvalue weighted by molar-refractivity contribution is -0.135. The second-order valence-corrected chi connectivity index (χ2v) is 5.79. The Morgan fingerprint density at radius 1 is 1.12 bits per heavy atom. The monoisotopic (exact) mass is 486 g/mol. The third-order valence-corrected chi connectivity index (χ3v) is 3.35. The van der Waals surface area contributed by atoms with E-state index in [0.29, 0.717) is 25.5 Å². The molecule has 0 radical (unpaired) electrons. The summed E-state index contributed by atoms with van der Waals surface area (Å²) in [6.45, 7) is 0.831. The predicted octanol–water partition coefficient (Wildman–Crippen LogP) is 3.16. The Kier molecular flexibility index (Phi) is 12.0. The first-order chi connectivity index (χ1) is 11.8. The first-order valence-corrected chi connectivity index (χ1v) is 8.11. The maximum absolute atomic E-state index is 12.1. The van der Waals surface area contributed by atoms with E-state index < -0.39 is 12.6 Å². The molecule has 1 amide bonds. The summed E-state index contributed by atoms with van der Waals surface area (Å²) in [5, 5.41) is 5.88. The van der Waals surface area contributed by atoms with Crippen LogP contribution in [0.2, 0.25) is 0 Å². The van der Waals surface area contributed by atoms with Crippen LogP contribution in [0.15, 0.2) is 35.3 Å². The van der Waals surface area contributed by atoms with Crippen LogP contribution in [-0.2, 0) is 11.3 Å². The highest BCUT2D eigenvalue weighted by atomic mass is 127. The van der Waals surface area contributed by atoms with E-state index in [1.54, 1.807) is 14.1 Å². The fraction of sp³-hybridized carbons (Fsp3) is 0.529. The number of rotatable bonds is 8. The van der Waals surface area contributed by atoms with Crippen molar-refractivity contribution in [3.63, 3.8) is 0 Å². The number of carbonyl (C=O) groups is 1. The second kappa shape index (κ2) is 12.8. The van der Waals surface area contributed by atoms with Gasteiger partial charge >= 0.3 is 6.18 Å². The van der Waals surface area contributed by atoms with E-state index in [1.165, 1.54) is 4.90 Å². The van der Waals surface area contributed by atoms with Gasteiger partial charge in [0.05, 0.1) is 13.1 Å². The van der Waals surface area contributed by atoms with Crippen LogP contribution in [0, 0.1) is 0 Å². The van der Waals surface area contributed by atoms with Crippen molar-refractivity contribution in [2.75, 3.05) is 27.2 Å². The zero-order valence-corrected chi connectivity index (χ0v) is 17.3. The van der Waals surface area contributed by atoms with Crippen molar-refractivity contribution in [1.29, 1.82) is 0 Å². The molecule has 0 unspecified atom stereocenters. The van der Waals surface area contributed by atoms with Crippen molar-refractivity contribution in [3.05, 3.63) is 35.9 Å². The Morgan fingerprint density at radius 3 is 2.35 bits per heavy atom. The molecule has 2 N–H and O–H groups in total. The lowest BCUT2D eigenvalue weighted by Crippen LogP contribution is -2.43. The minimum Gasteiger partial charge on any atom is -0.356 e. The summed E-state index contributed by atoms with van der Waals surface area (Å²) in [7, 11) is 3.30. The van der Waals surface area contributed by atoms with Gasteiger partial charge < -0.3 is 15.5 Å². The molecule has 9 heteroatoms. The van der Waals surface area contributed by atoms with Crippen molar-refractivity contribution in [1.82, 2.24) is 15.5 Å². The molecular weight excluding hydrogens is 460 g/mol. The highest BCUT2D eigenvalue weighted by Crippen LogP contribution is 2.21. The maximum Gasteiger partial charge on any atom is 0.389 e. The number of carbonyl (C=O) groups excluding carboxylic acids is 1. The molecule has 0 saturated carbocycles. The van der Waals surface area contributed by atoms with Gasteiger partial charge in [0, 0.05) is 27.1 Å².